The maximum Gasteiger partial charge on any atom is 0.330 e. The Labute approximate surface area is 114 Å². The smallest absolute Gasteiger partial charge is 0.290 e. The predicted octanol–water partition coefficient (Wildman–Crippen LogP) is 0.0416. The maximum atomic E-state index is 12.2. The minimum Gasteiger partial charge on any atom is -0.290 e. The van der Waals surface area contributed by atoms with Gasteiger partial charge in [0.2, 0.25) is 0 Å². The number of nitrogens with one attached hydrogen (secondary N) is 1. The van der Waals surface area contributed by atoms with Crippen LogP contribution >= 0.6 is 25.3 Å². The van der Waals surface area contributed by atoms with Crippen LogP contribution in [-0.4, -0.2) is 29.8 Å². The summed E-state index contributed by atoms with van der Waals surface area (Å²) >= 11 is 8.54. The van der Waals surface area contributed by atoms with Gasteiger partial charge in [-0.1, -0.05) is 0 Å². The summed E-state index contributed by atoms with van der Waals surface area (Å²) in [7, 11) is 1.69. The van der Waals surface area contributed by atoms with Crippen molar-refractivity contribution in [1.82, 2.24) is 19.3 Å². The minimum absolute atomic E-state index is 0.193. The Bertz CT molecular complexity index is 698. The first-order chi connectivity index (χ1) is 8.34. The molecule has 2 aromatic heterocycles. The van der Waals surface area contributed by atoms with Crippen molar-refractivity contribution in [3.05, 3.63) is 27.0 Å². The minimum atomic E-state index is -0.532. The molecule has 0 aliphatic heterocycles. The molecular weight excluding hydrogens is 272 g/mol. The highest BCUT2D eigenvalue weighted by atomic mass is 32.1. The van der Waals surface area contributed by atoms with Crippen molar-refractivity contribution in [2.75, 3.05) is 5.75 Å². The third-order valence-electron chi connectivity index (χ3n) is 2.61. The number of fused-ring (bicyclic) bond motifs is 1. The lowest BCUT2D eigenvalue weighted by Gasteiger charge is -2.21. The molecule has 0 fully saturated rings. The highest BCUT2D eigenvalue weighted by molar-refractivity contribution is 7.85. The SMILES string of the molecule is Cn1cc2c(=O)n(CC(C)(S)CS)c(=O)[nH]c2n1. The Morgan fingerprint density at radius 3 is 2.78 bits per heavy atom. The van der Waals surface area contributed by atoms with Crippen LogP contribution < -0.4 is 11.2 Å². The van der Waals surface area contributed by atoms with Crippen LogP contribution in [0.25, 0.3) is 11.0 Å². The zero-order valence-corrected chi connectivity index (χ0v) is 11.8. The average molecular weight is 286 g/mol. The van der Waals surface area contributed by atoms with Gasteiger partial charge in [0, 0.05) is 30.3 Å². The van der Waals surface area contributed by atoms with E-state index < -0.39 is 10.4 Å². The van der Waals surface area contributed by atoms with Gasteiger partial charge in [-0.3, -0.25) is 19.0 Å². The van der Waals surface area contributed by atoms with Crippen LogP contribution in [0.15, 0.2) is 15.8 Å². The second-order valence-electron chi connectivity index (χ2n) is 4.54. The van der Waals surface area contributed by atoms with Gasteiger partial charge >= 0.3 is 5.69 Å². The van der Waals surface area contributed by atoms with Gasteiger partial charge < -0.3 is 0 Å². The summed E-state index contributed by atoms with van der Waals surface area (Å²) in [5.41, 5.74) is -0.535. The summed E-state index contributed by atoms with van der Waals surface area (Å²) < 4.78 is 2.09. The van der Waals surface area contributed by atoms with Crippen LogP contribution in [0, 0.1) is 0 Å². The molecule has 0 bridgehead atoms. The fourth-order valence-electron chi connectivity index (χ4n) is 1.68. The summed E-state index contributed by atoms with van der Waals surface area (Å²) in [6.45, 7) is 2.01. The van der Waals surface area contributed by atoms with Crippen molar-refractivity contribution in [3.63, 3.8) is 0 Å². The lowest BCUT2D eigenvalue weighted by Crippen LogP contribution is -2.41. The molecule has 0 saturated heterocycles. The van der Waals surface area contributed by atoms with E-state index in [2.05, 4.69) is 35.3 Å². The van der Waals surface area contributed by atoms with Crippen molar-refractivity contribution >= 4 is 36.3 Å². The molecule has 0 saturated carbocycles. The molecule has 0 amide bonds. The number of aryl methyl sites for hydroxylation is 1. The molecule has 2 aromatic rings. The molecule has 0 radical (unpaired) electrons. The summed E-state index contributed by atoms with van der Waals surface area (Å²) in [5, 5.41) is 4.40. The van der Waals surface area contributed by atoms with E-state index in [0.29, 0.717) is 16.8 Å². The number of aromatic nitrogens is 4. The number of aromatic amines is 1. The van der Waals surface area contributed by atoms with Crippen LogP contribution in [0.5, 0.6) is 0 Å². The Morgan fingerprint density at radius 2 is 2.17 bits per heavy atom. The van der Waals surface area contributed by atoms with Gasteiger partial charge in [0.25, 0.3) is 5.56 Å². The molecule has 0 aliphatic rings. The fraction of sp³-hybridized carbons (Fsp3) is 0.500. The monoisotopic (exact) mass is 286 g/mol. The summed E-state index contributed by atoms with van der Waals surface area (Å²) in [4.78, 5) is 26.6. The van der Waals surface area contributed by atoms with Crippen LogP contribution in [0.4, 0.5) is 0 Å². The van der Waals surface area contributed by atoms with Crippen molar-refractivity contribution < 1.29 is 0 Å². The number of H-pyrrole nitrogens is 1. The van der Waals surface area contributed by atoms with Crippen LogP contribution in [0.2, 0.25) is 0 Å². The second kappa shape index (κ2) is 4.51. The van der Waals surface area contributed by atoms with Crippen LogP contribution in [0.1, 0.15) is 6.92 Å². The van der Waals surface area contributed by atoms with Crippen molar-refractivity contribution in [1.29, 1.82) is 0 Å². The Kier molecular flexibility index (Phi) is 3.33. The molecule has 1 atom stereocenters. The third kappa shape index (κ3) is 2.35. The van der Waals surface area contributed by atoms with E-state index in [1.54, 1.807) is 13.2 Å². The quantitative estimate of drug-likeness (QED) is 0.698. The molecule has 0 spiro atoms. The average Bonchev–Trinajstić information content (AvgIpc) is 2.65. The van der Waals surface area contributed by atoms with Crippen molar-refractivity contribution in [2.24, 2.45) is 7.05 Å². The van der Waals surface area contributed by atoms with E-state index in [1.165, 1.54) is 4.68 Å². The van der Waals surface area contributed by atoms with Crippen LogP contribution in [0.3, 0.4) is 0 Å². The Balaban J connectivity index is 2.65. The highest BCUT2D eigenvalue weighted by Crippen LogP contribution is 2.16. The van der Waals surface area contributed by atoms with E-state index in [0.717, 1.165) is 4.57 Å². The Hall–Kier alpha value is -1.15. The summed E-state index contributed by atoms with van der Waals surface area (Å²) in [6.07, 6.45) is 1.58. The highest BCUT2D eigenvalue weighted by Gasteiger charge is 2.21. The molecule has 0 aliphatic carbocycles. The number of thiol groups is 2. The topological polar surface area (TPSA) is 72.7 Å². The fourth-order valence-corrected chi connectivity index (χ4v) is 1.92. The molecule has 2 heterocycles. The molecule has 98 valence electrons. The van der Waals surface area contributed by atoms with Crippen LogP contribution in [-0.2, 0) is 13.6 Å². The lowest BCUT2D eigenvalue weighted by atomic mass is 10.2. The molecule has 18 heavy (non-hydrogen) atoms. The first-order valence-corrected chi connectivity index (χ1v) is 6.42. The van der Waals surface area contributed by atoms with Gasteiger partial charge in [-0.15, -0.1) is 0 Å². The number of hydrogen-bond acceptors (Lipinski definition) is 5. The van der Waals surface area contributed by atoms with Gasteiger partial charge in [-0.05, 0) is 6.92 Å². The molecule has 1 unspecified atom stereocenters. The predicted molar refractivity (Wildman–Crippen MR) is 76.8 cm³/mol. The van der Waals surface area contributed by atoms with Crippen molar-refractivity contribution in [3.8, 4) is 0 Å². The van der Waals surface area contributed by atoms with E-state index in [1.807, 2.05) is 6.92 Å². The van der Waals surface area contributed by atoms with Gasteiger partial charge in [-0.2, -0.15) is 30.4 Å². The summed E-state index contributed by atoms with van der Waals surface area (Å²) in [5.74, 6) is 0.451. The largest absolute Gasteiger partial charge is 0.330 e. The molecule has 8 heteroatoms. The van der Waals surface area contributed by atoms with Gasteiger partial charge in [0.05, 0.1) is 0 Å². The lowest BCUT2D eigenvalue weighted by molar-refractivity contribution is 0.544. The summed E-state index contributed by atoms with van der Waals surface area (Å²) in [6, 6.07) is 0. The maximum absolute atomic E-state index is 12.2. The zero-order valence-electron chi connectivity index (χ0n) is 10.0. The Morgan fingerprint density at radius 1 is 1.50 bits per heavy atom. The molecule has 2 rings (SSSR count). The first kappa shape index (κ1) is 13.3. The van der Waals surface area contributed by atoms with Gasteiger partial charge in [0.1, 0.15) is 5.39 Å². The normalized spacial score (nSPS) is 14.9. The molecule has 6 nitrogen and oxygen atoms in total. The first-order valence-electron chi connectivity index (χ1n) is 5.34. The van der Waals surface area contributed by atoms with E-state index >= 15 is 0 Å². The molecule has 1 N–H and O–H groups in total. The zero-order chi connectivity index (χ0) is 13.5. The number of rotatable bonds is 3. The van der Waals surface area contributed by atoms with E-state index in [4.69, 9.17) is 0 Å². The third-order valence-corrected chi connectivity index (χ3v) is 3.86. The van der Waals surface area contributed by atoms with E-state index in [-0.39, 0.29) is 12.1 Å². The number of hydrogen-bond donors (Lipinski definition) is 3. The van der Waals surface area contributed by atoms with Gasteiger partial charge in [0.15, 0.2) is 5.65 Å². The standard InChI is InChI=1S/C10H14N4O2S2/c1-10(18,5-17)4-14-8(15)6-3-13(2)12-7(6)11-9(14)16/h3,17-18H,4-5H2,1-2H3,(H,11,12,16). The second-order valence-corrected chi connectivity index (χ2v) is 5.94. The van der Waals surface area contributed by atoms with Gasteiger partial charge in [-0.25, -0.2) is 4.79 Å². The van der Waals surface area contributed by atoms with E-state index in [9.17, 15) is 9.59 Å². The molecule has 0 aromatic carbocycles. The van der Waals surface area contributed by atoms with Crippen molar-refractivity contribution in [2.45, 2.75) is 18.2 Å². The number of nitrogens with zero attached hydrogens (tertiary/aromatic N) is 3. The molecular formula is C10H14N4O2S2.